The second-order valence-electron chi connectivity index (χ2n) is 15.6. The molecule has 0 spiro atoms. The lowest BCUT2D eigenvalue weighted by Gasteiger charge is -2.27. The molecule has 0 radical (unpaired) electrons. The Hall–Kier alpha value is -2.91. The van der Waals surface area contributed by atoms with E-state index < -0.39 is 22.8 Å². The van der Waals surface area contributed by atoms with Crippen LogP contribution in [0.1, 0.15) is 162 Å². The average molecular weight is 700 g/mol. The van der Waals surface area contributed by atoms with E-state index in [1.165, 1.54) is 19.3 Å². The molecule has 2 N–H and O–H groups in total. The SMILES string of the molecule is C=C(C)C(=O)OCCOC(=O)C(C)(C)CC.CCC(C)(C)C(=O)NC(C)C.CCC(C)(C)C(=O)O.CCC(C)(C)C(=O)OC1CCCCC1. The van der Waals surface area contributed by atoms with Gasteiger partial charge in [-0.3, -0.25) is 19.2 Å². The van der Waals surface area contributed by atoms with Crippen molar-refractivity contribution in [2.45, 2.75) is 174 Å². The molecule has 0 unspecified atom stereocenters. The van der Waals surface area contributed by atoms with Gasteiger partial charge in [0.15, 0.2) is 0 Å². The highest BCUT2D eigenvalue weighted by Crippen LogP contribution is 2.27. The van der Waals surface area contributed by atoms with Gasteiger partial charge in [0.25, 0.3) is 0 Å². The number of nitrogens with one attached hydrogen (secondary N) is 1. The van der Waals surface area contributed by atoms with E-state index in [4.69, 9.17) is 19.3 Å². The molecular weight excluding hydrogens is 626 g/mol. The number of aliphatic carboxylic acids is 1. The lowest BCUT2D eigenvalue weighted by molar-refractivity contribution is -0.161. The summed E-state index contributed by atoms with van der Waals surface area (Å²) in [5, 5.41) is 11.3. The van der Waals surface area contributed by atoms with Crippen molar-refractivity contribution < 1.29 is 43.3 Å². The fourth-order valence-corrected chi connectivity index (χ4v) is 3.14. The summed E-state index contributed by atoms with van der Waals surface area (Å²) < 4.78 is 15.3. The molecular formula is C39H73NO9. The van der Waals surface area contributed by atoms with Crippen LogP contribution in [0.5, 0.6) is 0 Å². The van der Waals surface area contributed by atoms with Crippen LogP contribution in [-0.4, -0.2) is 60.3 Å². The van der Waals surface area contributed by atoms with Gasteiger partial charge in [0.05, 0.1) is 16.2 Å². The highest BCUT2D eigenvalue weighted by atomic mass is 16.6. The molecule has 1 aliphatic rings. The number of hydrogen-bond donors (Lipinski definition) is 2. The third-order valence-corrected chi connectivity index (χ3v) is 8.98. The van der Waals surface area contributed by atoms with Gasteiger partial charge in [-0.05, 0) is 114 Å². The molecule has 10 heteroatoms. The summed E-state index contributed by atoms with van der Waals surface area (Å²) in [7, 11) is 0. The summed E-state index contributed by atoms with van der Waals surface area (Å²) in [6.07, 6.45) is 9.16. The maximum absolute atomic E-state index is 11.7. The summed E-state index contributed by atoms with van der Waals surface area (Å²) in [6, 6.07) is 0.244. The first-order chi connectivity index (χ1) is 22.3. The molecule has 1 fully saturated rings. The van der Waals surface area contributed by atoms with Crippen LogP contribution in [0.25, 0.3) is 0 Å². The number of esters is 3. The van der Waals surface area contributed by atoms with Gasteiger partial charge in [-0.1, -0.05) is 54.5 Å². The van der Waals surface area contributed by atoms with E-state index in [0.717, 1.165) is 25.7 Å². The fourth-order valence-electron chi connectivity index (χ4n) is 3.14. The highest BCUT2D eigenvalue weighted by molar-refractivity contribution is 5.87. The first-order valence-electron chi connectivity index (χ1n) is 18.0. The Balaban J connectivity index is -0.000000593. The zero-order valence-electron chi connectivity index (χ0n) is 33.9. The topological polar surface area (TPSA) is 145 Å². The Morgan fingerprint density at radius 2 is 1.10 bits per heavy atom. The van der Waals surface area contributed by atoms with Crippen LogP contribution in [0.3, 0.4) is 0 Å². The number of rotatable bonds is 14. The summed E-state index contributed by atoms with van der Waals surface area (Å²) >= 11 is 0. The average Bonchev–Trinajstić information content (AvgIpc) is 3.03. The van der Waals surface area contributed by atoms with Crippen molar-refractivity contribution in [3.63, 3.8) is 0 Å². The smallest absolute Gasteiger partial charge is 0.333 e. The summed E-state index contributed by atoms with van der Waals surface area (Å²) in [5.41, 5.74) is -1.22. The van der Waals surface area contributed by atoms with Crippen molar-refractivity contribution in [3.05, 3.63) is 12.2 Å². The summed E-state index contributed by atoms with van der Waals surface area (Å²) in [6.45, 7) is 31.9. The van der Waals surface area contributed by atoms with Gasteiger partial charge in [0, 0.05) is 17.0 Å². The Kier molecular flexibility index (Phi) is 25.0. The Labute approximate surface area is 298 Å². The minimum Gasteiger partial charge on any atom is -0.481 e. The van der Waals surface area contributed by atoms with Crippen LogP contribution in [0.15, 0.2) is 12.2 Å². The maximum Gasteiger partial charge on any atom is 0.333 e. The van der Waals surface area contributed by atoms with E-state index in [2.05, 4.69) is 11.9 Å². The molecule has 10 nitrogen and oxygen atoms in total. The molecule has 0 aromatic rings. The molecule has 0 aromatic carbocycles. The second-order valence-corrected chi connectivity index (χ2v) is 15.6. The van der Waals surface area contributed by atoms with Crippen molar-refractivity contribution in [1.82, 2.24) is 5.32 Å². The van der Waals surface area contributed by atoms with E-state index in [-0.39, 0.29) is 54.0 Å². The molecule has 0 atom stereocenters. The Bertz CT molecular complexity index is 1020. The second kappa shape index (κ2) is 24.3. The molecule has 0 bridgehead atoms. The zero-order chi connectivity index (χ0) is 39.2. The lowest BCUT2D eigenvalue weighted by atomic mass is 9.89. The number of hydrogen-bond acceptors (Lipinski definition) is 8. The van der Waals surface area contributed by atoms with Crippen molar-refractivity contribution in [3.8, 4) is 0 Å². The fraction of sp³-hybridized carbons (Fsp3) is 0.821. The standard InChI is InChI=1S/C12H20O4.C12H22O2.C9H19NO.C6H12O2/c1-6-12(4,5)11(14)16-8-7-15-10(13)9(2)3;1-4-12(2,3)11(13)14-10-8-6-5-7-9-10;1-6-9(4,5)8(11)10-7(2)3;1-4-6(2,3)5(7)8/h2,6-8H2,1,3-5H3;10H,4-9H2,1-3H3;7H,6H2,1-5H3,(H,10,11);4H2,1-3H3,(H,7,8). The number of carbonyl (C=O) groups is 5. The number of carbonyl (C=O) groups excluding carboxylic acids is 4. The Morgan fingerprint density at radius 1 is 0.694 bits per heavy atom. The van der Waals surface area contributed by atoms with Crippen LogP contribution >= 0.6 is 0 Å². The zero-order valence-corrected chi connectivity index (χ0v) is 33.9. The minimum atomic E-state index is -0.722. The number of ether oxygens (including phenoxy) is 3. The predicted molar refractivity (Wildman–Crippen MR) is 197 cm³/mol. The first kappa shape index (κ1) is 50.5. The highest BCUT2D eigenvalue weighted by Gasteiger charge is 2.30. The van der Waals surface area contributed by atoms with E-state index in [1.807, 2.05) is 83.1 Å². The minimum absolute atomic E-state index is 0.0214. The molecule has 49 heavy (non-hydrogen) atoms. The molecule has 1 saturated carbocycles. The quantitative estimate of drug-likeness (QED) is 0.0786. The Morgan fingerprint density at radius 3 is 1.45 bits per heavy atom. The number of carboxylic acids is 1. The van der Waals surface area contributed by atoms with E-state index in [9.17, 15) is 24.0 Å². The first-order valence-corrected chi connectivity index (χ1v) is 18.0. The normalized spacial score (nSPS) is 13.6. The molecule has 0 aromatic heterocycles. The lowest BCUT2D eigenvalue weighted by Crippen LogP contribution is -2.40. The van der Waals surface area contributed by atoms with Gasteiger partial charge >= 0.3 is 23.9 Å². The van der Waals surface area contributed by atoms with Crippen LogP contribution in [0.2, 0.25) is 0 Å². The van der Waals surface area contributed by atoms with Gasteiger partial charge in [-0.2, -0.15) is 0 Å². The number of carboxylic acid groups (broad SMARTS) is 1. The van der Waals surface area contributed by atoms with Crippen LogP contribution in [0, 0.1) is 21.7 Å². The summed E-state index contributed by atoms with van der Waals surface area (Å²) in [5.74, 6) is -1.34. The van der Waals surface area contributed by atoms with Gasteiger partial charge in [-0.25, -0.2) is 4.79 Å². The van der Waals surface area contributed by atoms with Gasteiger partial charge in [0.1, 0.15) is 19.3 Å². The van der Waals surface area contributed by atoms with Crippen molar-refractivity contribution in [2.24, 2.45) is 21.7 Å². The van der Waals surface area contributed by atoms with Gasteiger partial charge in [-0.15, -0.1) is 0 Å². The molecule has 1 aliphatic carbocycles. The van der Waals surface area contributed by atoms with E-state index >= 15 is 0 Å². The van der Waals surface area contributed by atoms with E-state index in [1.54, 1.807) is 20.8 Å². The van der Waals surface area contributed by atoms with E-state index in [0.29, 0.717) is 18.4 Å². The monoisotopic (exact) mass is 700 g/mol. The molecule has 288 valence electrons. The van der Waals surface area contributed by atoms with Crippen molar-refractivity contribution >= 4 is 29.8 Å². The van der Waals surface area contributed by atoms with Crippen LogP contribution < -0.4 is 5.32 Å². The molecule has 0 heterocycles. The molecule has 1 rings (SSSR count). The third-order valence-electron chi connectivity index (χ3n) is 8.98. The third kappa shape index (κ3) is 23.2. The maximum atomic E-state index is 11.7. The number of amides is 1. The van der Waals surface area contributed by atoms with Crippen molar-refractivity contribution in [1.29, 1.82) is 0 Å². The van der Waals surface area contributed by atoms with Crippen molar-refractivity contribution in [2.75, 3.05) is 13.2 Å². The predicted octanol–water partition coefficient (Wildman–Crippen LogP) is 8.84. The largest absolute Gasteiger partial charge is 0.481 e. The molecule has 1 amide bonds. The van der Waals surface area contributed by atoms with Crippen LogP contribution in [0.4, 0.5) is 0 Å². The van der Waals surface area contributed by atoms with Gasteiger partial charge in [0.2, 0.25) is 5.91 Å². The van der Waals surface area contributed by atoms with Gasteiger partial charge < -0.3 is 24.6 Å². The molecule has 0 saturated heterocycles. The summed E-state index contributed by atoms with van der Waals surface area (Å²) in [4.78, 5) is 55.9. The molecule has 0 aliphatic heterocycles. The van der Waals surface area contributed by atoms with Crippen LogP contribution in [-0.2, 0) is 38.2 Å².